The lowest BCUT2D eigenvalue weighted by Crippen LogP contribution is -2.09. The van der Waals surface area contributed by atoms with Crippen LogP contribution in [0.25, 0.3) is 0 Å². The number of ether oxygens (including phenoxy) is 2. The minimum atomic E-state index is -4.56. The Bertz CT molecular complexity index is 399. The van der Waals surface area contributed by atoms with Gasteiger partial charge in [-0.1, -0.05) is 0 Å². The zero-order valence-electron chi connectivity index (χ0n) is 8.59. The van der Waals surface area contributed by atoms with Gasteiger partial charge < -0.3 is 9.47 Å². The van der Waals surface area contributed by atoms with Gasteiger partial charge in [0, 0.05) is 0 Å². The lowest BCUT2D eigenvalue weighted by molar-refractivity contribution is -0.138. The van der Waals surface area contributed by atoms with Crippen LogP contribution in [-0.2, 0) is 6.18 Å². The second kappa shape index (κ2) is 4.42. The molecule has 0 bridgehead atoms. The number of alkyl halides is 3. The van der Waals surface area contributed by atoms with Crippen LogP contribution < -0.4 is 9.47 Å². The van der Waals surface area contributed by atoms with Crippen LogP contribution in [0.4, 0.5) is 13.2 Å². The normalized spacial score (nSPS) is 11.1. The maximum Gasteiger partial charge on any atom is 0.420 e. The molecule has 0 heterocycles. The molecule has 6 heteroatoms. The summed E-state index contributed by atoms with van der Waals surface area (Å²) in [6.45, 7) is 0. The second-order valence-electron chi connectivity index (χ2n) is 2.88. The van der Waals surface area contributed by atoms with Crippen molar-refractivity contribution in [3.05, 3.63) is 23.3 Å². The summed E-state index contributed by atoms with van der Waals surface area (Å²) in [5, 5.41) is 0. The molecule has 0 unspecified atom stereocenters. The number of benzene rings is 1. The van der Waals surface area contributed by atoms with Crippen LogP contribution in [0.5, 0.6) is 11.5 Å². The Morgan fingerprint density at radius 1 is 1.12 bits per heavy atom. The van der Waals surface area contributed by atoms with E-state index in [2.05, 4.69) is 4.74 Å². The van der Waals surface area contributed by atoms with Crippen molar-refractivity contribution in [1.82, 2.24) is 0 Å². The largest absolute Gasteiger partial charge is 0.492 e. The summed E-state index contributed by atoms with van der Waals surface area (Å²) in [7, 11) is 2.26. The molecular formula is C10H9F3O3. The highest BCUT2D eigenvalue weighted by atomic mass is 19.4. The molecule has 0 radical (unpaired) electrons. The van der Waals surface area contributed by atoms with Gasteiger partial charge in [-0.3, -0.25) is 4.79 Å². The molecule has 0 spiro atoms. The highest BCUT2D eigenvalue weighted by molar-refractivity contribution is 5.82. The Balaban J connectivity index is 3.49. The lowest BCUT2D eigenvalue weighted by atomic mass is 10.1. The summed E-state index contributed by atoms with van der Waals surface area (Å²) in [4.78, 5) is 10.6. The van der Waals surface area contributed by atoms with Crippen molar-refractivity contribution in [2.24, 2.45) is 0 Å². The fraction of sp³-hybridized carbons (Fsp3) is 0.300. The SMILES string of the molecule is COc1c(C=O)ccc(C(F)(F)F)c1OC. The zero-order valence-corrected chi connectivity index (χ0v) is 8.59. The molecule has 0 N–H and O–H groups in total. The number of carbonyl (C=O) groups is 1. The first-order valence-corrected chi connectivity index (χ1v) is 4.23. The molecular weight excluding hydrogens is 225 g/mol. The van der Waals surface area contributed by atoms with E-state index >= 15 is 0 Å². The van der Waals surface area contributed by atoms with Gasteiger partial charge in [-0.2, -0.15) is 13.2 Å². The van der Waals surface area contributed by atoms with Crippen molar-refractivity contribution in [1.29, 1.82) is 0 Å². The van der Waals surface area contributed by atoms with Crippen molar-refractivity contribution in [2.75, 3.05) is 14.2 Å². The number of aldehydes is 1. The number of hydrogen-bond donors (Lipinski definition) is 0. The topological polar surface area (TPSA) is 35.5 Å². The maximum atomic E-state index is 12.6. The molecule has 88 valence electrons. The van der Waals surface area contributed by atoms with Crippen molar-refractivity contribution >= 4 is 6.29 Å². The Kier molecular flexibility index (Phi) is 3.41. The maximum absolute atomic E-state index is 12.6. The van der Waals surface area contributed by atoms with E-state index in [-0.39, 0.29) is 11.3 Å². The molecule has 0 saturated heterocycles. The predicted molar refractivity (Wildman–Crippen MR) is 49.9 cm³/mol. The molecule has 1 aromatic carbocycles. The molecule has 1 aromatic rings. The Morgan fingerprint density at radius 2 is 1.69 bits per heavy atom. The van der Waals surface area contributed by atoms with Gasteiger partial charge in [0.15, 0.2) is 17.8 Å². The molecule has 0 atom stereocenters. The summed E-state index contributed by atoms with van der Waals surface area (Å²) in [5.74, 6) is -0.702. The average Bonchev–Trinajstić information content (AvgIpc) is 2.25. The van der Waals surface area contributed by atoms with Crippen molar-refractivity contribution in [3.8, 4) is 11.5 Å². The summed E-state index contributed by atoms with van der Waals surface area (Å²) in [6, 6.07) is 1.82. The zero-order chi connectivity index (χ0) is 12.3. The van der Waals surface area contributed by atoms with Gasteiger partial charge in [0.2, 0.25) is 0 Å². The van der Waals surface area contributed by atoms with Crippen LogP contribution >= 0.6 is 0 Å². The quantitative estimate of drug-likeness (QED) is 0.754. The Morgan fingerprint density at radius 3 is 2.06 bits per heavy atom. The van der Waals surface area contributed by atoms with E-state index in [0.717, 1.165) is 19.2 Å². The molecule has 1 rings (SSSR count). The van der Waals surface area contributed by atoms with Crippen LogP contribution in [0.1, 0.15) is 15.9 Å². The van der Waals surface area contributed by atoms with Gasteiger partial charge in [0.1, 0.15) is 5.56 Å². The van der Waals surface area contributed by atoms with E-state index in [1.54, 1.807) is 0 Å². The molecule has 0 aromatic heterocycles. The van der Waals surface area contributed by atoms with E-state index in [0.29, 0.717) is 6.29 Å². The van der Waals surface area contributed by atoms with Crippen LogP contribution in [0.2, 0.25) is 0 Å². The van der Waals surface area contributed by atoms with E-state index < -0.39 is 17.5 Å². The number of hydrogen-bond acceptors (Lipinski definition) is 3. The third-order valence-corrected chi connectivity index (χ3v) is 1.98. The molecule has 0 amide bonds. The van der Waals surface area contributed by atoms with Crippen molar-refractivity contribution < 1.29 is 27.4 Å². The molecule has 0 aliphatic heterocycles. The van der Waals surface area contributed by atoms with E-state index in [4.69, 9.17) is 4.74 Å². The van der Waals surface area contributed by atoms with Crippen molar-refractivity contribution in [2.45, 2.75) is 6.18 Å². The molecule has 0 aliphatic carbocycles. The minimum Gasteiger partial charge on any atom is -0.492 e. The fourth-order valence-corrected chi connectivity index (χ4v) is 1.31. The minimum absolute atomic E-state index is 0.00681. The molecule has 0 fully saturated rings. The summed E-state index contributed by atoms with van der Waals surface area (Å²) in [6.07, 6.45) is -4.15. The summed E-state index contributed by atoms with van der Waals surface area (Å²) < 4.78 is 47.1. The van der Waals surface area contributed by atoms with Gasteiger partial charge in [0.25, 0.3) is 0 Å². The molecule has 16 heavy (non-hydrogen) atoms. The Labute approximate surface area is 89.8 Å². The van der Waals surface area contributed by atoms with Crippen LogP contribution in [0.3, 0.4) is 0 Å². The number of rotatable bonds is 3. The first kappa shape index (κ1) is 12.4. The third-order valence-electron chi connectivity index (χ3n) is 1.98. The number of halogens is 3. The monoisotopic (exact) mass is 234 g/mol. The highest BCUT2D eigenvalue weighted by Gasteiger charge is 2.36. The van der Waals surface area contributed by atoms with Crippen molar-refractivity contribution in [3.63, 3.8) is 0 Å². The smallest absolute Gasteiger partial charge is 0.420 e. The Hall–Kier alpha value is -1.72. The summed E-state index contributed by atoms with van der Waals surface area (Å²) >= 11 is 0. The second-order valence-corrected chi connectivity index (χ2v) is 2.88. The average molecular weight is 234 g/mol. The lowest BCUT2D eigenvalue weighted by Gasteiger charge is -2.15. The van der Waals surface area contributed by atoms with Gasteiger partial charge in [0.05, 0.1) is 19.8 Å². The van der Waals surface area contributed by atoms with Crippen LogP contribution in [0, 0.1) is 0 Å². The number of methoxy groups -OCH3 is 2. The van der Waals surface area contributed by atoms with E-state index in [1.807, 2.05) is 0 Å². The molecule has 3 nitrogen and oxygen atoms in total. The van der Waals surface area contributed by atoms with E-state index in [9.17, 15) is 18.0 Å². The first-order chi connectivity index (χ1) is 7.45. The van der Waals surface area contributed by atoms with Gasteiger partial charge in [-0.15, -0.1) is 0 Å². The first-order valence-electron chi connectivity index (χ1n) is 4.23. The van der Waals surface area contributed by atoms with Gasteiger partial charge >= 0.3 is 6.18 Å². The molecule has 0 aliphatic rings. The van der Waals surface area contributed by atoms with Crippen LogP contribution in [0.15, 0.2) is 12.1 Å². The highest BCUT2D eigenvalue weighted by Crippen LogP contribution is 2.42. The number of carbonyl (C=O) groups excluding carboxylic acids is 1. The fourth-order valence-electron chi connectivity index (χ4n) is 1.31. The van der Waals surface area contributed by atoms with Gasteiger partial charge in [-0.25, -0.2) is 0 Å². The van der Waals surface area contributed by atoms with Gasteiger partial charge in [-0.05, 0) is 12.1 Å². The predicted octanol–water partition coefficient (Wildman–Crippen LogP) is 2.54. The third kappa shape index (κ3) is 2.10. The molecule has 0 saturated carbocycles. The summed E-state index contributed by atoms with van der Waals surface area (Å²) in [5.41, 5.74) is -0.968. The van der Waals surface area contributed by atoms with E-state index in [1.165, 1.54) is 7.11 Å². The van der Waals surface area contributed by atoms with Crippen LogP contribution in [-0.4, -0.2) is 20.5 Å². The standard InChI is InChI=1S/C10H9F3O3/c1-15-8-6(5-14)3-4-7(9(8)16-2)10(11,12)13/h3-5H,1-2H3.